The monoisotopic (exact) mass is 546 g/mol. The smallest absolute Gasteiger partial charge is 0.346 e. The maximum absolute atomic E-state index is 15.2. The van der Waals surface area contributed by atoms with E-state index in [0.717, 1.165) is 27.8 Å². The van der Waals surface area contributed by atoms with Crippen LogP contribution in [0.25, 0.3) is 16.6 Å². The summed E-state index contributed by atoms with van der Waals surface area (Å²) < 4.78 is 49.7. The first kappa shape index (κ1) is 24.5. The molecule has 0 fully saturated rings. The number of hydrogen-bond acceptors (Lipinski definition) is 8. The third kappa shape index (κ3) is 3.76. The van der Waals surface area contributed by atoms with Gasteiger partial charge in [0.2, 0.25) is 0 Å². The molecular formula is C23H19FN4O7S2. The zero-order valence-electron chi connectivity index (χ0n) is 19.4. The zero-order chi connectivity index (χ0) is 26.6. The normalized spacial score (nSPS) is 13.6. The predicted octanol–water partition coefficient (Wildman–Crippen LogP) is 2.23. The molecule has 0 saturated carbocycles. The molecule has 2 N–H and O–H groups in total. The summed E-state index contributed by atoms with van der Waals surface area (Å²) in [4.78, 5) is 41.1. The van der Waals surface area contributed by atoms with Crippen LogP contribution in [-0.4, -0.2) is 56.3 Å². The molecule has 14 heteroatoms. The van der Waals surface area contributed by atoms with E-state index in [1.807, 2.05) is 11.9 Å². The molecule has 4 aromatic rings. The summed E-state index contributed by atoms with van der Waals surface area (Å²) in [5.74, 6) is -2.85. The molecule has 1 aliphatic heterocycles. The van der Waals surface area contributed by atoms with Crippen LogP contribution >= 0.6 is 11.3 Å². The number of H-pyrrole nitrogens is 1. The van der Waals surface area contributed by atoms with Gasteiger partial charge in [-0.15, -0.1) is 11.3 Å². The number of likely N-dealkylation sites (N-methyl/N-ethyl adjacent to an activating group) is 1. The summed E-state index contributed by atoms with van der Waals surface area (Å²) in [5, 5.41) is 10.4. The van der Waals surface area contributed by atoms with Crippen LogP contribution in [0.15, 0.2) is 56.3 Å². The number of nitrogens with zero attached hydrogens (tertiary/aromatic N) is 3. The quantitative estimate of drug-likeness (QED) is 0.388. The number of sulfonamides is 1. The van der Waals surface area contributed by atoms with Gasteiger partial charge in [-0.3, -0.25) is 9.10 Å². The first-order valence-electron chi connectivity index (χ1n) is 10.8. The minimum atomic E-state index is -4.37. The number of aromatic carboxylic acids is 1. The standard InChI is InChI=1S/C23H19FN4O7S2/c1-26-7-8-27(15-6-4-3-5-14(15)26)37(33,34)18-10-16(12(24)9-17(18)35-2)28-21(29)19-13(25-23(28)32)11-36-20(19)22(30)31/h3-6,9-11H,7-8H2,1-2H3,(H,25,32)(H,30,31). The molecule has 37 heavy (non-hydrogen) atoms. The van der Waals surface area contributed by atoms with Gasteiger partial charge in [-0.1, -0.05) is 12.1 Å². The first-order valence-corrected chi connectivity index (χ1v) is 13.1. The third-order valence-electron chi connectivity index (χ3n) is 6.09. The van der Waals surface area contributed by atoms with Gasteiger partial charge in [-0.05, 0) is 18.2 Å². The second-order valence-electron chi connectivity index (χ2n) is 8.17. The SMILES string of the molecule is COc1cc(F)c(-n2c(=O)[nH]c3csc(C(=O)O)c3c2=O)cc1S(=O)(=O)N1CCN(C)c2ccccc21. The molecule has 2 aromatic heterocycles. The Hall–Kier alpha value is -4.17. The molecule has 1 aliphatic rings. The lowest BCUT2D eigenvalue weighted by atomic mass is 10.2. The summed E-state index contributed by atoms with van der Waals surface area (Å²) in [5.41, 5.74) is -1.80. The van der Waals surface area contributed by atoms with Crippen LogP contribution in [0.1, 0.15) is 9.67 Å². The van der Waals surface area contributed by atoms with Gasteiger partial charge in [-0.25, -0.2) is 27.0 Å². The minimum Gasteiger partial charge on any atom is -0.495 e. The molecule has 0 unspecified atom stereocenters. The van der Waals surface area contributed by atoms with Crippen molar-refractivity contribution >= 4 is 49.6 Å². The maximum Gasteiger partial charge on any atom is 0.346 e. The number of ether oxygens (including phenoxy) is 1. The molecule has 0 radical (unpaired) electrons. The molecule has 11 nitrogen and oxygen atoms in total. The minimum absolute atomic E-state index is 0.0236. The highest BCUT2D eigenvalue weighted by Crippen LogP contribution is 2.38. The van der Waals surface area contributed by atoms with Gasteiger partial charge in [0.05, 0.1) is 41.6 Å². The van der Waals surface area contributed by atoms with Crippen molar-refractivity contribution in [1.82, 2.24) is 9.55 Å². The number of aromatic amines is 1. The average molecular weight is 547 g/mol. The number of carboxylic acid groups (broad SMARTS) is 1. The van der Waals surface area contributed by atoms with Gasteiger partial charge >= 0.3 is 11.7 Å². The average Bonchev–Trinajstić information content (AvgIpc) is 3.29. The number of para-hydroxylation sites is 2. The number of anilines is 2. The fourth-order valence-electron chi connectivity index (χ4n) is 4.32. The molecule has 5 rings (SSSR count). The lowest BCUT2D eigenvalue weighted by Gasteiger charge is -2.36. The largest absolute Gasteiger partial charge is 0.495 e. The highest BCUT2D eigenvalue weighted by atomic mass is 32.2. The van der Waals surface area contributed by atoms with Crippen LogP contribution < -0.4 is 25.2 Å². The van der Waals surface area contributed by atoms with Crippen molar-refractivity contribution in [2.24, 2.45) is 0 Å². The van der Waals surface area contributed by atoms with E-state index in [4.69, 9.17) is 4.74 Å². The Morgan fingerprint density at radius 3 is 2.51 bits per heavy atom. The summed E-state index contributed by atoms with van der Waals surface area (Å²) >= 11 is 0.725. The van der Waals surface area contributed by atoms with Crippen molar-refractivity contribution in [3.05, 3.63) is 73.3 Å². The number of nitrogens with one attached hydrogen (secondary N) is 1. The molecule has 0 spiro atoms. The number of fused-ring (bicyclic) bond motifs is 2. The van der Waals surface area contributed by atoms with E-state index in [1.165, 1.54) is 12.5 Å². The molecule has 2 aromatic carbocycles. The van der Waals surface area contributed by atoms with Gasteiger partial charge in [0.25, 0.3) is 15.6 Å². The van der Waals surface area contributed by atoms with Crippen LogP contribution in [0.5, 0.6) is 5.75 Å². The molecule has 0 atom stereocenters. The lowest BCUT2D eigenvalue weighted by molar-refractivity contribution is 0.0704. The predicted molar refractivity (Wildman–Crippen MR) is 136 cm³/mol. The number of thiophene rings is 1. The lowest BCUT2D eigenvalue weighted by Crippen LogP contribution is -2.42. The van der Waals surface area contributed by atoms with Crippen LogP contribution in [0.4, 0.5) is 15.8 Å². The Kier molecular flexibility index (Phi) is 5.79. The number of carboxylic acids is 1. The van der Waals surface area contributed by atoms with E-state index in [-0.39, 0.29) is 28.1 Å². The highest BCUT2D eigenvalue weighted by molar-refractivity contribution is 7.93. The Labute approximate surface area is 212 Å². The van der Waals surface area contributed by atoms with E-state index in [9.17, 15) is 27.9 Å². The number of hydrogen-bond donors (Lipinski definition) is 2. The van der Waals surface area contributed by atoms with E-state index in [2.05, 4.69) is 4.98 Å². The Bertz CT molecular complexity index is 1810. The van der Waals surface area contributed by atoms with Crippen LogP contribution in [0.2, 0.25) is 0 Å². The van der Waals surface area contributed by atoms with Crippen molar-refractivity contribution in [2.75, 3.05) is 36.5 Å². The molecule has 3 heterocycles. The fraction of sp³-hybridized carbons (Fsp3) is 0.174. The Morgan fingerprint density at radius 2 is 1.84 bits per heavy atom. The topological polar surface area (TPSA) is 142 Å². The van der Waals surface area contributed by atoms with E-state index in [1.54, 1.807) is 24.3 Å². The van der Waals surface area contributed by atoms with Crippen molar-refractivity contribution < 1.29 is 27.4 Å². The van der Waals surface area contributed by atoms with Gasteiger partial charge in [0.1, 0.15) is 15.5 Å². The number of rotatable bonds is 5. The molecule has 192 valence electrons. The van der Waals surface area contributed by atoms with Crippen molar-refractivity contribution in [1.29, 1.82) is 0 Å². The van der Waals surface area contributed by atoms with E-state index >= 15 is 4.39 Å². The second-order valence-corrected chi connectivity index (χ2v) is 10.9. The van der Waals surface area contributed by atoms with Gasteiger partial charge in [0, 0.05) is 25.0 Å². The fourth-order valence-corrected chi connectivity index (χ4v) is 6.78. The highest BCUT2D eigenvalue weighted by Gasteiger charge is 2.34. The maximum atomic E-state index is 15.2. The van der Waals surface area contributed by atoms with Crippen LogP contribution in [0.3, 0.4) is 0 Å². The number of aromatic nitrogens is 2. The molecule has 0 saturated heterocycles. The molecular weight excluding hydrogens is 527 g/mol. The molecule has 0 amide bonds. The molecule has 0 bridgehead atoms. The van der Waals surface area contributed by atoms with Crippen molar-refractivity contribution in [2.45, 2.75) is 4.90 Å². The van der Waals surface area contributed by atoms with Crippen LogP contribution in [-0.2, 0) is 10.0 Å². The van der Waals surface area contributed by atoms with Crippen molar-refractivity contribution in [3.8, 4) is 11.4 Å². The Morgan fingerprint density at radius 1 is 1.14 bits per heavy atom. The second kappa shape index (κ2) is 8.74. The number of methoxy groups -OCH3 is 1. The summed E-state index contributed by atoms with van der Waals surface area (Å²) in [6.45, 7) is 0.452. The van der Waals surface area contributed by atoms with E-state index in [0.29, 0.717) is 22.5 Å². The van der Waals surface area contributed by atoms with Crippen LogP contribution in [0, 0.1) is 5.82 Å². The van der Waals surface area contributed by atoms with Crippen molar-refractivity contribution in [3.63, 3.8) is 0 Å². The summed E-state index contributed by atoms with van der Waals surface area (Å²) in [6, 6.07) is 8.47. The Balaban J connectivity index is 1.76. The number of carbonyl (C=O) groups is 1. The zero-order valence-corrected chi connectivity index (χ0v) is 21.0. The third-order valence-corrected chi connectivity index (χ3v) is 8.89. The van der Waals surface area contributed by atoms with E-state index < -0.39 is 43.6 Å². The number of halogens is 1. The van der Waals surface area contributed by atoms with Gasteiger partial charge in [-0.2, -0.15) is 0 Å². The van der Waals surface area contributed by atoms with Gasteiger partial charge < -0.3 is 19.7 Å². The first-order chi connectivity index (χ1) is 17.6. The van der Waals surface area contributed by atoms with Gasteiger partial charge in [0.15, 0.2) is 5.82 Å². The summed E-state index contributed by atoms with van der Waals surface area (Å²) in [7, 11) is -1.38. The molecule has 0 aliphatic carbocycles. The summed E-state index contributed by atoms with van der Waals surface area (Å²) in [6.07, 6.45) is 0. The number of benzene rings is 2.